The molecule has 11 nitrogen and oxygen atoms in total. The predicted octanol–water partition coefficient (Wildman–Crippen LogP) is 2.13. The van der Waals surface area contributed by atoms with E-state index in [4.69, 9.17) is 21.1 Å². The molecule has 4 rings (SSSR count). The lowest BCUT2D eigenvalue weighted by atomic mass is 10.2. The number of anilines is 1. The molecule has 0 bridgehead atoms. The van der Waals surface area contributed by atoms with E-state index in [1.165, 1.54) is 6.07 Å². The molecule has 0 saturated heterocycles. The molecule has 3 aromatic rings. The lowest BCUT2D eigenvalue weighted by Gasteiger charge is -2.09. The van der Waals surface area contributed by atoms with Crippen molar-refractivity contribution in [1.29, 1.82) is 0 Å². The molecule has 0 aliphatic carbocycles. The Bertz CT molecular complexity index is 1330. The van der Waals surface area contributed by atoms with E-state index in [0.29, 0.717) is 17.1 Å². The summed E-state index contributed by atoms with van der Waals surface area (Å²) in [6.07, 6.45) is 0.995. The number of carbonyl (C=O) groups excluding carboxylic acids is 1. The van der Waals surface area contributed by atoms with E-state index in [-0.39, 0.29) is 35.3 Å². The van der Waals surface area contributed by atoms with Crippen LogP contribution in [0.15, 0.2) is 52.2 Å². The topological polar surface area (TPSA) is 146 Å². The minimum Gasteiger partial charge on any atom is -0.454 e. The van der Waals surface area contributed by atoms with Crippen LogP contribution in [0.5, 0.6) is 11.5 Å². The lowest BCUT2D eigenvalue weighted by molar-refractivity contribution is -0.384. The van der Waals surface area contributed by atoms with Gasteiger partial charge in [0, 0.05) is 18.3 Å². The molecule has 1 aromatic heterocycles. The number of aromatic nitrogens is 2. The first-order valence-electron chi connectivity index (χ1n) is 8.80. The number of amides is 1. The van der Waals surface area contributed by atoms with Crippen LogP contribution in [0.1, 0.15) is 15.9 Å². The van der Waals surface area contributed by atoms with E-state index in [1.54, 1.807) is 18.2 Å². The van der Waals surface area contributed by atoms with Crippen LogP contribution in [-0.2, 0) is 6.54 Å². The van der Waals surface area contributed by atoms with Crippen LogP contribution < -0.4 is 26.0 Å². The summed E-state index contributed by atoms with van der Waals surface area (Å²) >= 11 is 5.97. The van der Waals surface area contributed by atoms with Gasteiger partial charge in [-0.3, -0.25) is 24.3 Å². The Morgan fingerprint density at radius 1 is 1.19 bits per heavy atom. The fourth-order valence-electron chi connectivity index (χ4n) is 2.95. The number of carbonyl (C=O) groups is 1. The summed E-state index contributed by atoms with van der Waals surface area (Å²) in [7, 11) is 0. The number of halogens is 1. The first-order chi connectivity index (χ1) is 14.8. The van der Waals surface area contributed by atoms with E-state index in [9.17, 15) is 24.5 Å². The van der Waals surface area contributed by atoms with Gasteiger partial charge in [0.2, 0.25) is 6.79 Å². The quantitative estimate of drug-likeness (QED) is 0.452. The third-order valence-corrected chi connectivity index (χ3v) is 4.81. The number of non-ortho nitro benzene ring substituents is 1. The standard InChI is InChI=1S/C19H13ClN4O7/c20-13-6-11(24(28)29)2-3-14(13)22-17(25)12-7-21-19(27)23(18(12)26)8-10-1-4-15-16(5-10)31-9-30-15/h1-7H,8-9H2,(H,21,27)(H,22,25). The van der Waals surface area contributed by atoms with Crippen LogP contribution in [-0.4, -0.2) is 27.2 Å². The molecular formula is C19H13ClN4O7. The van der Waals surface area contributed by atoms with Crippen LogP contribution in [0.25, 0.3) is 0 Å². The highest BCUT2D eigenvalue weighted by Crippen LogP contribution is 2.32. The number of hydrogen-bond donors (Lipinski definition) is 2. The summed E-state index contributed by atoms with van der Waals surface area (Å²) in [5.74, 6) is 0.207. The Hall–Kier alpha value is -4.12. The maximum Gasteiger partial charge on any atom is 0.328 e. The highest BCUT2D eigenvalue weighted by atomic mass is 35.5. The number of nitro groups is 1. The monoisotopic (exact) mass is 444 g/mol. The van der Waals surface area contributed by atoms with Crippen molar-refractivity contribution in [2.45, 2.75) is 6.54 Å². The van der Waals surface area contributed by atoms with Crippen LogP contribution in [0.2, 0.25) is 5.02 Å². The molecule has 158 valence electrons. The maximum atomic E-state index is 12.8. The molecule has 2 heterocycles. The first kappa shape index (κ1) is 20.2. The predicted molar refractivity (Wildman–Crippen MR) is 109 cm³/mol. The molecule has 2 N–H and O–H groups in total. The van der Waals surface area contributed by atoms with E-state index in [1.807, 2.05) is 0 Å². The minimum atomic E-state index is -0.837. The molecule has 1 aliphatic rings. The van der Waals surface area contributed by atoms with Crippen molar-refractivity contribution in [3.63, 3.8) is 0 Å². The number of fused-ring (bicyclic) bond motifs is 1. The summed E-state index contributed by atoms with van der Waals surface area (Å²) < 4.78 is 11.4. The molecular weight excluding hydrogens is 432 g/mol. The summed E-state index contributed by atoms with van der Waals surface area (Å²) in [4.78, 5) is 50.1. The normalized spacial score (nSPS) is 11.9. The van der Waals surface area contributed by atoms with Crippen LogP contribution in [0, 0.1) is 10.1 Å². The SMILES string of the molecule is O=C(Nc1ccc([N+](=O)[O-])cc1Cl)c1c[nH]c(=O)n(Cc2ccc3c(c2)OCO3)c1=O. The fraction of sp³-hybridized carbons (Fsp3) is 0.105. The van der Waals surface area contributed by atoms with Crippen LogP contribution >= 0.6 is 11.6 Å². The molecule has 0 saturated carbocycles. The van der Waals surface area contributed by atoms with Crippen molar-refractivity contribution >= 4 is 28.9 Å². The van der Waals surface area contributed by atoms with Crippen molar-refractivity contribution in [2.24, 2.45) is 0 Å². The number of aromatic amines is 1. The molecule has 1 aliphatic heterocycles. The second kappa shape index (κ2) is 7.95. The number of benzene rings is 2. The summed E-state index contributed by atoms with van der Waals surface area (Å²) in [5.41, 5.74) is -1.45. The molecule has 1 amide bonds. The van der Waals surface area contributed by atoms with Crippen molar-refractivity contribution in [3.8, 4) is 11.5 Å². The van der Waals surface area contributed by atoms with Gasteiger partial charge in [-0.15, -0.1) is 0 Å². The molecule has 12 heteroatoms. The molecule has 0 spiro atoms. The summed E-state index contributed by atoms with van der Waals surface area (Å²) in [6, 6.07) is 8.44. The van der Waals surface area contributed by atoms with Crippen molar-refractivity contribution in [1.82, 2.24) is 9.55 Å². The van der Waals surface area contributed by atoms with E-state index < -0.39 is 22.1 Å². The van der Waals surface area contributed by atoms with Gasteiger partial charge >= 0.3 is 5.69 Å². The molecule has 2 aromatic carbocycles. The third kappa shape index (κ3) is 3.98. The number of ether oxygens (including phenoxy) is 2. The minimum absolute atomic E-state index is 0.0742. The smallest absolute Gasteiger partial charge is 0.328 e. The molecule has 0 atom stereocenters. The summed E-state index contributed by atoms with van der Waals surface area (Å²) in [6.45, 7) is -0.0234. The largest absolute Gasteiger partial charge is 0.454 e. The third-order valence-electron chi connectivity index (χ3n) is 4.49. The summed E-state index contributed by atoms with van der Waals surface area (Å²) in [5, 5.41) is 13.1. The van der Waals surface area contributed by atoms with Gasteiger partial charge in [0.1, 0.15) is 5.56 Å². The van der Waals surface area contributed by atoms with Gasteiger partial charge in [-0.2, -0.15) is 0 Å². The lowest BCUT2D eigenvalue weighted by Crippen LogP contribution is -2.39. The molecule has 31 heavy (non-hydrogen) atoms. The highest BCUT2D eigenvalue weighted by Gasteiger charge is 2.19. The Kier molecular flexibility index (Phi) is 5.17. The first-order valence-corrected chi connectivity index (χ1v) is 9.17. The maximum absolute atomic E-state index is 12.8. The van der Waals surface area contributed by atoms with Gasteiger partial charge in [0.25, 0.3) is 17.2 Å². The Balaban J connectivity index is 1.61. The van der Waals surface area contributed by atoms with Gasteiger partial charge in [0.15, 0.2) is 11.5 Å². The Morgan fingerprint density at radius 2 is 1.97 bits per heavy atom. The number of nitro benzene ring substituents is 1. The second-order valence-corrected chi connectivity index (χ2v) is 6.87. The number of H-pyrrole nitrogens is 1. The average Bonchev–Trinajstić information content (AvgIpc) is 3.20. The number of nitrogens with zero attached hydrogens (tertiary/aromatic N) is 2. The van der Waals surface area contributed by atoms with Gasteiger partial charge < -0.3 is 19.8 Å². The molecule has 0 unspecified atom stereocenters. The van der Waals surface area contributed by atoms with E-state index >= 15 is 0 Å². The van der Waals surface area contributed by atoms with E-state index in [0.717, 1.165) is 22.9 Å². The van der Waals surface area contributed by atoms with Gasteiger partial charge in [-0.1, -0.05) is 17.7 Å². The highest BCUT2D eigenvalue weighted by molar-refractivity contribution is 6.34. The number of nitrogens with one attached hydrogen (secondary N) is 2. The number of hydrogen-bond acceptors (Lipinski definition) is 7. The Labute approximate surface area is 178 Å². The van der Waals surface area contributed by atoms with Crippen LogP contribution in [0.4, 0.5) is 11.4 Å². The molecule has 0 fully saturated rings. The van der Waals surface area contributed by atoms with Gasteiger partial charge in [-0.25, -0.2) is 4.79 Å². The zero-order valence-corrected chi connectivity index (χ0v) is 16.3. The number of rotatable bonds is 5. The average molecular weight is 445 g/mol. The van der Waals surface area contributed by atoms with Gasteiger partial charge in [-0.05, 0) is 23.8 Å². The zero-order valence-electron chi connectivity index (χ0n) is 15.6. The van der Waals surface area contributed by atoms with E-state index in [2.05, 4.69) is 10.3 Å². The van der Waals surface area contributed by atoms with Crippen molar-refractivity contribution in [2.75, 3.05) is 12.1 Å². The van der Waals surface area contributed by atoms with Crippen molar-refractivity contribution in [3.05, 3.63) is 89.7 Å². The molecule has 0 radical (unpaired) electrons. The zero-order chi connectivity index (χ0) is 22.1. The van der Waals surface area contributed by atoms with Gasteiger partial charge in [0.05, 0.1) is 22.2 Å². The Morgan fingerprint density at radius 3 is 2.71 bits per heavy atom. The fourth-order valence-corrected chi connectivity index (χ4v) is 3.17. The van der Waals surface area contributed by atoms with Crippen LogP contribution in [0.3, 0.4) is 0 Å². The second-order valence-electron chi connectivity index (χ2n) is 6.46. The van der Waals surface area contributed by atoms with Crippen molar-refractivity contribution < 1.29 is 19.2 Å².